The van der Waals surface area contributed by atoms with E-state index in [2.05, 4.69) is 59.6 Å². The van der Waals surface area contributed by atoms with Gasteiger partial charge in [-0.2, -0.15) is 0 Å². The van der Waals surface area contributed by atoms with Crippen molar-refractivity contribution in [1.82, 2.24) is 10.2 Å². The van der Waals surface area contributed by atoms with E-state index in [0.717, 1.165) is 38.8 Å². The van der Waals surface area contributed by atoms with Gasteiger partial charge in [0.15, 0.2) is 0 Å². The predicted molar refractivity (Wildman–Crippen MR) is 117 cm³/mol. The zero-order valence-electron chi connectivity index (χ0n) is 17.5. The van der Waals surface area contributed by atoms with Crippen LogP contribution in [0.15, 0.2) is 42.5 Å². The number of hydrogen-bond donors (Lipinski definition) is 1. The third kappa shape index (κ3) is 4.98. The largest absolute Gasteiger partial charge is 0.350 e. The zero-order valence-corrected chi connectivity index (χ0v) is 17.5. The number of carbonyl (C=O) groups is 2. The molecule has 1 N–H and O–H groups in total. The maximum absolute atomic E-state index is 12.9. The molecule has 29 heavy (non-hydrogen) atoms. The lowest BCUT2D eigenvalue weighted by Crippen LogP contribution is -2.45. The van der Waals surface area contributed by atoms with Crippen LogP contribution in [-0.4, -0.2) is 35.3 Å². The van der Waals surface area contributed by atoms with Crippen molar-refractivity contribution in [3.05, 3.63) is 48.0 Å². The molecule has 1 atom stereocenters. The number of fused-ring (bicyclic) bond motifs is 1. The summed E-state index contributed by atoms with van der Waals surface area (Å²) in [5, 5.41) is 5.68. The van der Waals surface area contributed by atoms with Crippen LogP contribution in [0, 0.1) is 5.92 Å². The van der Waals surface area contributed by atoms with Crippen LogP contribution in [0.4, 0.5) is 0 Å². The first-order valence-electron chi connectivity index (χ1n) is 11.1. The summed E-state index contributed by atoms with van der Waals surface area (Å²) < 4.78 is 0. The van der Waals surface area contributed by atoms with Gasteiger partial charge in [-0.25, -0.2) is 0 Å². The molecule has 0 radical (unpaired) electrons. The molecule has 154 valence electrons. The number of carbonyl (C=O) groups excluding carboxylic acids is 2. The van der Waals surface area contributed by atoms with E-state index in [-0.39, 0.29) is 17.4 Å². The smallest absolute Gasteiger partial charge is 0.222 e. The molecule has 4 heteroatoms. The Balaban J connectivity index is 1.45. The van der Waals surface area contributed by atoms with Crippen molar-refractivity contribution in [2.45, 2.75) is 63.8 Å². The molecule has 4 rings (SSSR count). The van der Waals surface area contributed by atoms with Crippen molar-refractivity contribution in [2.75, 3.05) is 13.1 Å². The molecule has 2 aromatic carbocycles. The quantitative estimate of drug-likeness (QED) is 0.685. The minimum atomic E-state index is -0.299. The third-order valence-electron chi connectivity index (χ3n) is 6.43. The third-order valence-corrected chi connectivity index (χ3v) is 6.43. The van der Waals surface area contributed by atoms with Crippen molar-refractivity contribution >= 4 is 22.6 Å². The summed E-state index contributed by atoms with van der Waals surface area (Å²) >= 11 is 0. The number of nitrogens with zero attached hydrogens (tertiary/aromatic N) is 1. The molecule has 2 amide bonds. The van der Waals surface area contributed by atoms with Crippen LogP contribution in [0.3, 0.4) is 0 Å². The topological polar surface area (TPSA) is 49.4 Å². The van der Waals surface area contributed by atoms with Gasteiger partial charge >= 0.3 is 0 Å². The van der Waals surface area contributed by atoms with E-state index in [1.807, 2.05) is 0 Å². The molecular weight excluding hydrogens is 360 g/mol. The highest BCUT2D eigenvalue weighted by molar-refractivity contribution is 5.83. The van der Waals surface area contributed by atoms with Gasteiger partial charge < -0.3 is 10.2 Å². The number of amides is 2. The first-order valence-corrected chi connectivity index (χ1v) is 11.1. The van der Waals surface area contributed by atoms with Crippen LogP contribution in [0.1, 0.15) is 57.4 Å². The van der Waals surface area contributed by atoms with Crippen molar-refractivity contribution in [3.8, 4) is 0 Å². The van der Waals surface area contributed by atoms with Crippen molar-refractivity contribution in [1.29, 1.82) is 0 Å². The van der Waals surface area contributed by atoms with Crippen LogP contribution in [0.25, 0.3) is 10.8 Å². The van der Waals surface area contributed by atoms with E-state index in [0.29, 0.717) is 18.8 Å². The monoisotopic (exact) mass is 392 g/mol. The van der Waals surface area contributed by atoms with Crippen molar-refractivity contribution in [2.24, 2.45) is 5.92 Å². The fourth-order valence-corrected chi connectivity index (χ4v) is 4.63. The lowest BCUT2D eigenvalue weighted by atomic mass is 9.84. The van der Waals surface area contributed by atoms with Gasteiger partial charge in [-0.15, -0.1) is 0 Å². The van der Waals surface area contributed by atoms with Gasteiger partial charge in [-0.1, -0.05) is 49.4 Å². The van der Waals surface area contributed by atoms with Gasteiger partial charge in [0.25, 0.3) is 0 Å². The van der Waals surface area contributed by atoms with Crippen LogP contribution < -0.4 is 5.32 Å². The van der Waals surface area contributed by atoms with Crippen molar-refractivity contribution in [3.63, 3.8) is 0 Å². The molecule has 1 aliphatic carbocycles. The molecule has 1 heterocycles. The van der Waals surface area contributed by atoms with E-state index in [9.17, 15) is 9.59 Å². The Morgan fingerprint density at radius 3 is 2.66 bits per heavy atom. The van der Waals surface area contributed by atoms with Gasteiger partial charge in [0.1, 0.15) is 0 Å². The summed E-state index contributed by atoms with van der Waals surface area (Å²) in [6.07, 6.45) is 6.90. The predicted octanol–water partition coefficient (Wildman–Crippen LogP) is 4.46. The number of hydrogen-bond acceptors (Lipinski definition) is 2. The fourth-order valence-electron chi connectivity index (χ4n) is 4.63. The molecule has 2 aromatic rings. The summed E-state index contributed by atoms with van der Waals surface area (Å²) in [4.78, 5) is 27.1. The lowest BCUT2D eigenvalue weighted by Gasteiger charge is -2.31. The van der Waals surface area contributed by atoms with E-state index in [1.165, 1.54) is 29.2 Å². The molecule has 1 aliphatic heterocycles. The Morgan fingerprint density at radius 2 is 1.97 bits per heavy atom. The second-order valence-electron chi connectivity index (χ2n) is 8.97. The molecule has 0 unspecified atom stereocenters. The molecule has 4 nitrogen and oxygen atoms in total. The summed E-state index contributed by atoms with van der Waals surface area (Å²) in [7, 11) is 0. The molecule has 1 saturated carbocycles. The minimum Gasteiger partial charge on any atom is -0.350 e. The highest BCUT2D eigenvalue weighted by Gasteiger charge is 2.38. The maximum atomic E-state index is 12.9. The SMILES string of the molecule is CCCN(CC1CC1)C(=O)CC[C@]1(Cc2ccc3ccccc3c2)CCC(=O)N1. The van der Waals surface area contributed by atoms with Crippen LogP contribution in [0.2, 0.25) is 0 Å². The Morgan fingerprint density at radius 1 is 1.17 bits per heavy atom. The second-order valence-corrected chi connectivity index (χ2v) is 8.97. The summed E-state index contributed by atoms with van der Waals surface area (Å²) in [5.41, 5.74) is 0.925. The number of nitrogens with one attached hydrogen (secondary N) is 1. The van der Waals surface area contributed by atoms with Crippen LogP contribution >= 0.6 is 0 Å². The highest BCUT2D eigenvalue weighted by atomic mass is 16.2. The maximum Gasteiger partial charge on any atom is 0.222 e. The van der Waals surface area contributed by atoms with Crippen LogP contribution in [0.5, 0.6) is 0 Å². The minimum absolute atomic E-state index is 0.113. The lowest BCUT2D eigenvalue weighted by molar-refractivity contribution is -0.132. The first kappa shape index (κ1) is 19.9. The Hall–Kier alpha value is -2.36. The summed E-state index contributed by atoms with van der Waals surface area (Å²) in [6, 6.07) is 14.9. The number of benzene rings is 2. The average molecular weight is 393 g/mol. The molecule has 0 aromatic heterocycles. The number of rotatable bonds is 9. The molecule has 1 saturated heterocycles. The van der Waals surface area contributed by atoms with E-state index >= 15 is 0 Å². The molecular formula is C25H32N2O2. The van der Waals surface area contributed by atoms with Crippen molar-refractivity contribution < 1.29 is 9.59 Å². The molecule has 2 fully saturated rings. The highest BCUT2D eigenvalue weighted by Crippen LogP contribution is 2.32. The van der Waals surface area contributed by atoms with E-state index < -0.39 is 0 Å². The molecule has 0 spiro atoms. The summed E-state index contributed by atoms with van der Waals surface area (Å²) in [5.74, 6) is 1.07. The standard InChI is InChI=1S/C25H32N2O2/c1-2-15-27(18-19-7-8-19)24(29)12-14-25(13-11-23(28)26-25)17-20-9-10-21-5-3-4-6-22(21)16-20/h3-6,9-10,16,19H,2,7-8,11-15,17-18H2,1H3,(H,26,28)/t25-/m0/s1. The van der Waals surface area contributed by atoms with E-state index in [4.69, 9.17) is 0 Å². The van der Waals surface area contributed by atoms with Gasteiger partial charge in [-0.05, 0) is 60.8 Å². The molecule has 2 aliphatic rings. The summed E-state index contributed by atoms with van der Waals surface area (Å²) in [6.45, 7) is 3.89. The zero-order chi connectivity index (χ0) is 20.3. The fraction of sp³-hybridized carbons (Fsp3) is 0.520. The normalized spacial score (nSPS) is 21.3. The Kier molecular flexibility index (Phi) is 5.89. The van der Waals surface area contributed by atoms with Gasteiger partial charge in [0.05, 0.1) is 0 Å². The van der Waals surface area contributed by atoms with E-state index in [1.54, 1.807) is 0 Å². The average Bonchev–Trinajstić information content (AvgIpc) is 3.47. The van der Waals surface area contributed by atoms with Gasteiger partial charge in [-0.3, -0.25) is 9.59 Å². The van der Waals surface area contributed by atoms with Crippen LogP contribution in [-0.2, 0) is 16.0 Å². The Bertz CT molecular complexity index is 889. The Labute approximate surface area is 173 Å². The van der Waals surface area contributed by atoms with Gasteiger partial charge in [0.2, 0.25) is 11.8 Å². The second kappa shape index (κ2) is 8.56. The van der Waals surface area contributed by atoms with Gasteiger partial charge in [0, 0.05) is 31.5 Å². The first-order chi connectivity index (χ1) is 14.1. The molecule has 0 bridgehead atoms.